The Morgan fingerprint density at radius 1 is 1.20 bits per heavy atom. The molecule has 0 unspecified atom stereocenters. The van der Waals surface area contributed by atoms with Crippen molar-refractivity contribution in [3.63, 3.8) is 0 Å². The number of non-ortho nitro benzene ring substituents is 1. The van der Waals surface area contributed by atoms with E-state index in [-0.39, 0.29) is 27.4 Å². The number of nitrogens with two attached hydrogens (primary N) is 1. The second-order valence-corrected chi connectivity index (χ2v) is 11.2. The summed E-state index contributed by atoms with van der Waals surface area (Å²) in [5.74, 6) is -4.70. The maximum atomic E-state index is 12.9. The van der Waals surface area contributed by atoms with Crippen molar-refractivity contribution in [3.05, 3.63) is 51.0 Å². The smallest absolute Gasteiger partial charge is 0.363 e. The topological polar surface area (TPSA) is 263 Å². The third-order valence-electron chi connectivity index (χ3n) is 6.24. The van der Waals surface area contributed by atoms with E-state index in [9.17, 15) is 42.3 Å². The van der Waals surface area contributed by atoms with Gasteiger partial charge >= 0.3 is 22.2 Å². The van der Waals surface area contributed by atoms with Gasteiger partial charge in [-0.3, -0.25) is 24.3 Å². The SMILES string of the molecule is CCN(CC)CC.COC(=O)[C@@H]1[C@H](NC(=O)/C(=N\OCC(=O)OCc2ccc([N+](=O)[O-])cc2)c2csc(N)n2)C(=O)N1S(=O)(=O)O. The van der Waals surface area contributed by atoms with Gasteiger partial charge in [-0.1, -0.05) is 25.9 Å². The number of hydrogen-bond donors (Lipinski definition) is 3. The Hall–Kier alpha value is -4.73. The first-order valence-corrected chi connectivity index (χ1v) is 15.7. The van der Waals surface area contributed by atoms with Crippen LogP contribution >= 0.6 is 11.3 Å². The number of oxime groups is 1. The molecule has 1 saturated heterocycles. The number of β-lactam (4-membered cyclic amide) rings is 1. The van der Waals surface area contributed by atoms with E-state index in [1.165, 1.54) is 49.3 Å². The lowest BCUT2D eigenvalue weighted by atomic mass is 9.98. The highest BCUT2D eigenvalue weighted by Crippen LogP contribution is 2.25. The number of thiazole rings is 1. The van der Waals surface area contributed by atoms with Gasteiger partial charge in [0.2, 0.25) is 6.61 Å². The highest BCUT2D eigenvalue weighted by atomic mass is 32.2. The number of nitrogens with zero attached hydrogens (tertiary/aromatic N) is 5. The predicted octanol–water partition coefficient (Wildman–Crippen LogP) is 0.117. The average Bonchev–Trinajstić information content (AvgIpc) is 3.45. The molecular weight excluding hydrogens is 654 g/mol. The largest absolute Gasteiger partial charge is 0.467 e. The average molecular weight is 688 g/mol. The molecule has 0 aliphatic carbocycles. The predicted molar refractivity (Wildman–Crippen MR) is 161 cm³/mol. The minimum Gasteiger partial charge on any atom is -0.467 e. The molecule has 1 aromatic heterocycles. The Morgan fingerprint density at radius 3 is 2.26 bits per heavy atom. The summed E-state index contributed by atoms with van der Waals surface area (Å²) in [5.41, 5.74) is 5.11. The fourth-order valence-corrected chi connectivity index (χ4v) is 5.15. The number of anilines is 1. The van der Waals surface area contributed by atoms with Crippen molar-refractivity contribution >= 4 is 61.9 Å². The molecule has 1 aliphatic heterocycles. The number of amides is 2. The van der Waals surface area contributed by atoms with Crippen LogP contribution in [0.15, 0.2) is 34.8 Å². The monoisotopic (exact) mass is 687 g/mol. The first-order chi connectivity index (χ1) is 21.7. The molecule has 46 heavy (non-hydrogen) atoms. The summed E-state index contributed by atoms with van der Waals surface area (Å²) in [7, 11) is -4.25. The number of nitro groups is 1. The zero-order valence-corrected chi connectivity index (χ0v) is 26.8. The van der Waals surface area contributed by atoms with Gasteiger partial charge in [0.15, 0.2) is 16.9 Å². The van der Waals surface area contributed by atoms with Crippen LogP contribution in [0.2, 0.25) is 0 Å². The molecule has 252 valence electrons. The van der Waals surface area contributed by atoms with Crippen molar-refractivity contribution in [1.29, 1.82) is 0 Å². The van der Waals surface area contributed by atoms with Crippen LogP contribution in [0.4, 0.5) is 10.8 Å². The Morgan fingerprint density at radius 2 is 1.80 bits per heavy atom. The van der Waals surface area contributed by atoms with Crippen LogP contribution in [0.5, 0.6) is 0 Å². The van der Waals surface area contributed by atoms with Crippen LogP contribution in [-0.4, -0.2) is 107 Å². The first-order valence-electron chi connectivity index (χ1n) is 13.4. The minimum absolute atomic E-state index is 0.0118. The molecule has 2 amide bonds. The number of nitrogen functional groups attached to an aromatic ring is 1. The van der Waals surface area contributed by atoms with Gasteiger partial charge in [0.25, 0.3) is 17.5 Å². The van der Waals surface area contributed by atoms with Crippen LogP contribution in [0.3, 0.4) is 0 Å². The molecule has 21 heteroatoms. The van der Waals surface area contributed by atoms with Gasteiger partial charge < -0.3 is 30.3 Å². The zero-order valence-electron chi connectivity index (χ0n) is 25.1. The first kappa shape index (κ1) is 37.5. The van der Waals surface area contributed by atoms with Crippen LogP contribution in [0.25, 0.3) is 0 Å². The molecular formula is C25H33N7O12S2. The summed E-state index contributed by atoms with van der Waals surface area (Å²) in [4.78, 5) is 70.3. The molecule has 0 bridgehead atoms. The van der Waals surface area contributed by atoms with Crippen molar-refractivity contribution in [3.8, 4) is 0 Å². The zero-order chi connectivity index (χ0) is 34.6. The highest BCUT2D eigenvalue weighted by molar-refractivity contribution is 7.84. The van der Waals surface area contributed by atoms with Crippen molar-refractivity contribution in [2.75, 3.05) is 39.1 Å². The second-order valence-electron chi connectivity index (χ2n) is 9.02. The fourth-order valence-electron chi connectivity index (χ4n) is 3.76. The lowest BCUT2D eigenvalue weighted by Gasteiger charge is -2.41. The Balaban J connectivity index is 0.000000942. The summed E-state index contributed by atoms with van der Waals surface area (Å²) < 4.78 is 41.3. The molecule has 3 rings (SSSR count). The molecule has 1 fully saturated rings. The van der Waals surface area contributed by atoms with Crippen molar-refractivity contribution in [2.45, 2.75) is 39.5 Å². The number of nitrogens with one attached hydrogen (secondary N) is 1. The van der Waals surface area contributed by atoms with Crippen molar-refractivity contribution in [2.24, 2.45) is 5.16 Å². The normalized spacial score (nSPS) is 16.1. The molecule has 0 saturated carbocycles. The molecule has 2 atom stereocenters. The molecule has 0 spiro atoms. The summed E-state index contributed by atoms with van der Waals surface area (Å²) in [6.45, 7) is 9.08. The van der Waals surface area contributed by atoms with E-state index in [1.807, 2.05) is 0 Å². The number of methoxy groups -OCH3 is 1. The number of rotatable bonds is 14. The van der Waals surface area contributed by atoms with E-state index in [0.29, 0.717) is 5.56 Å². The number of carbonyl (C=O) groups is 4. The molecule has 4 N–H and O–H groups in total. The molecule has 0 radical (unpaired) electrons. The van der Waals surface area contributed by atoms with E-state index >= 15 is 0 Å². The maximum Gasteiger partial charge on any atom is 0.363 e. The molecule has 1 aliphatic rings. The molecule has 19 nitrogen and oxygen atoms in total. The molecule has 1 aromatic carbocycles. The number of esters is 2. The number of benzene rings is 1. The number of carbonyl (C=O) groups excluding carboxylic acids is 4. The lowest BCUT2D eigenvalue weighted by molar-refractivity contribution is -0.384. The van der Waals surface area contributed by atoms with Gasteiger partial charge in [0.1, 0.15) is 18.3 Å². The molecule has 2 heterocycles. The standard InChI is InChI=1S/C19H18N6O12S2.C6H15N/c1-35-18(29)15-14(17(28)24(15)39(32,33)34)22-16(27)13(11-8-38-19(20)21-11)23-37-7-12(26)36-6-9-2-4-10(5-3-9)25(30)31;1-4-7(5-2)6-3/h2-5,8,14-15H,6-7H2,1H3,(H2,20,21)(H,22,27)(H,32,33,34);4-6H2,1-3H3/b23-13-;/t14-,15-;/m0./s1. The van der Waals surface area contributed by atoms with Gasteiger partial charge in [-0.2, -0.15) is 12.7 Å². The molecule has 2 aromatic rings. The van der Waals surface area contributed by atoms with E-state index < -0.39 is 63.4 Å². The van der Waals surface area contributed by atoms with Crippen molar-refractivity contribution < 1.29 is 51.4 Å². The number of nitro benzene ring substituents is 1. The second kappa shape index (κ2) is 17.1. The minimum atomic E-state index is -5.14. The van der Waals surface area contributed by atoms with Crippen LogP contribution in [0.1, 0.15) is 32.0 Å². The van der Waals surface area contributed by atoms with Gasteiger partial charge in [-0.15, -0.1) is 11.3 Å². The fraction of sp³-hybridized carbons (Fsp3) is 0.440. The van der Waals surface area contributed by atoms with Crippen LogP contribution in [0, 0.1) is 10.1 Å². The third-order valence-corrected chi connectivity index (χ3v) is 7.81. The Bertz CT molecular complexity index is 1540. The number of hydrogen-bond acceptors (Lipinski definition) is 16. The van der Waals surface area contributed by atoms with Gasteiger partial charge in [-0.05, 0) is 37.3 Å². The van der Waals surface area contributed by atoms with Gasteiger partial charge in [0.05, 0.1) is 12.0 Å². The maximum absolute atomic E-state index is 12.9. The van der Waals surface area contributed by atoms with Crippen molar-refractivity contribution in [1.82, 2.24) is 19.5 Å². The summed E-state index contributed by atoms with van der Waals surface area (Å²) in [5, 5.41) is 17.6. The third kappa shape index (κ3) is 10.2. The number of ether oxygens (including phenoxy) is 2. The highest BCUT2D eigenvalue weighted by Gasteiger charge is 2.58. The Labute approximate surface area is 267 Å². The van der Waals surface area contributed by atoms with E-state index in [4.69, 9.17) is 15.3 Å². The van der Waals surface area contributed by atoms with E-state index in [2.05, 4.69) is 45.9 Å². The van der Waals surface area contributed by atoms with Gasteiger partial charge in [0, 0.05) is 17.5 Å². The number of aromatic nitrogens is 1. The Kier molecular flexibility index (Phi) is 13.9. The summed E-state index contributed by atoms with van der Waals surface area (Å²) in [6.07, 6.45) is 0. The summed E-state index contributed by atoms with van der Waals surface area (Å²) >= 11 is 0.905. The quantitative estimate of drug-likeness (QED) is 0.0594. The lowest BCUT2D eigenvalue weighted by Crippen LogP contribution is -2.74. The van der Waals surface area contributed by atoms with Crippen LogP contribution in [-0.2, 0) is 50.4 Å². The van der Waals surface area contributed by atoms with E-state index in [1.54, 1.807) is 0 Å². The van der Waals surface area contributed by atoms with Gasteiger partial charge in [-0.25, -0.2) is 14.6 Å². The summed E-state index contributed by atoms with van der Waals surface area (Å²) in [6, 6.07) is 1.54. The van der Waals surface area contributed by atoms with Crippen LogP contribution < -0.4 is 11.1 Å². The van der Waals surface area contributed by atoms with E-state index in [0.717, 1.165) is 18.4 Å².